The van der Waals surface area contributed by atoms with Crippen molar-refractivity contribution in [1.82, 2.24) is 0 Å². The normalized spacial score (nSPS) is 10.1. The van der Waals surface area contributed by atoms with Gasteiger partial charge in [-0.2, -0.15) is 0 Å². The van der Waals surface area contributed by atoms with Gasteiger partial charge in [-0.15, -0.1) is 0 Å². The third-order valence-electron chi connectivity index (χ3n) is 3.20. The van der Waals surface area contributed by atoms with Crippen molar-refractivity contribution in [2.24, 2.45) is 5.73 Å². The smallest absolute Gasteiger partial charge is 0.255 e. The molecule has 0 spiro atoms. The Morgan fingerprint density at radius 2 is 1.60 bits per heavy atom. The van der Waals surface area contributed by atoms with Crippen LogP contribution in [-0.4, -0.2) is 10.9 Å². The average molecular weight is 284 g/mol. The minimum absolute atomic E-state index is 0.129. The van der Waals surface area contributed by atoms with Crippen LogP contribution in [0.2, 0.25) is 0 Å². The third kappa shape index (κ3) is 3.22. The maximum atomic E-state index is 12.1. The lowest BCUT2D eigenvalue weighted by Crippen LogP contribution is -2.13. The Labute approximate surface area is 123 Å². The number of amides is 1. The lowest BCUT2D eigenvalue weighted by Gasteiger charge is -2.08. The van der Waals surface area contributed by atoms with Crippen LogP contribution >= 0.6 is 12.2 Å². The molecule has 0 radical (unpaired) electrons. The molecule has 0 aliphatic heterocycles. The summed E-state index contributed by atoms with van der Waals surface area (Å²) in [6.07, 6.45) is 0. The summed E-state index contributed by atoms with van der Waals surface area (Å²) in [6, 6.07) is 12.8. The highest BCUT2D eigenvalue weighted by Gasteiger charge is 2.07. The molecule has 0 bridgehead atoms. The lowest BCUT2D eigenvalue weighted by molar-refractivity contribution is 0.102. The molecule has 0 saturated carbocycles. The topological polar surface area (TPSA) is 55.1 Å². The number of thiocarbonyl (C=S) groups is 1. The van der Waals surface area contributed by atoms with Gasteiger partial charge in [0.25, 0.3) is 5.91 Å². The van der Waals surface area contributed by atoms with Gasteiger partial charge in [0.05, 0.1) is 0 Å². The molecule has 3 N–H and O–H groups in total. The van der Waals surface area contributed by atoms with Crippen molar-refractivity contribution in [2.75, 3.05) is 5.32 Å². The van der Waals surface area contributed by atoms with Crippen molar-refractivity contribution in [3.63, 3.8) is 0 Å². The second kappa shape index (κ2) is 5.84. The molecule has 0 saturated heterocycles. The molecule has 0 heterocycles. The first-order chi connectivity index (χ1) is 9.47. The number of nitrogens with two attached hydrogens (primary N) is 1. The van der Waals surface area contributed by atoms with Gasteiger partial charge in [-0.25, -0.2) is 0 Å². The molecule has 2 aromatic rings. The highest BCUT2D eigenvalue weighted by atomic mass is 32.1. The highest BCUT2D eigenvalue weighted by molar-refractivity contribution is 7.80. The van der Waals surface area contributed by atoms with Crippen molar-refractivity contribution in [3.8, 4) is 0 Å². The lowest BCUT2D eigenvalue weighted by atomic mass is 10.1. The molecular weight excluding hydrogens is 268 g/mol. The number of carbonyl (C=O) groups is 1. The average Bonchev–Trinajstić information content (AvgIpc) is 2.42. The molecule has 0 aliphatic carbocycles. The molecule has 4 heteroatoms. The van der Waals surface area contributed by atoms with Crippen LogP contribution in [0.25, 0.3) is 0 Å². The zero-order valence-electron chi connectivity index (χ0n) is 11.4. The first-order valence-electron chi connectivity index (χ1n) is 6.26. The fourth-order valence-corrected chi connectivity index (χ4v) is 1.94. The molecule has 20 heavy (non-hydrogen) atoms. The maximum Gasteiger partial charge on any atom is 0.255 e. The highest BCUT2D eigenvalue weighted by Crippen LogP contribution is 2.14. The first-order valence-corrected chi connectivity index (χ1v) is 6.66. The van der Waals surface area contributed by atoms with Crippen LogP contribution in [0.1, 0.15) is 27.0 Å². The molecule has 2 rings (SSSR count). The van der Waals surface area contributed by atoms with E-state index in [1.807, 2.05) is 32.0 Å². The Morgan fingerprint density at radius 3 is 2.15 bits per heavy atom. The number of rotatable bonds is 3. The van der Waals surface area contributed by atoms with Crippen molar-refractivity contribution in [3.05, 3.63) is 64.7 Å². The van der Waals surface area contributed by atoms with Gasteiger partial charge in [-0.1, -0.05) is 18.3 Å². The predicted molar refractivity (Wildman–Crippen MR) is 86.2 cm³/mol. The summed E-state index contributed by atoms with van der Waals surface area (Å²) in [4.78, 5) is 12.5. The molecule has 1 amide bonds. The first kappa shape index (κ1) is 14.2. The van der Waals surface area contributed by atoms with Crippen LogP contribution in [0, 0.1) is 13.8 Å². The summed E-state index contributed by atoms with van der Waals surface area (Å²) in [5.41, 5.74) is 9.94. The molecule has 3 nitrogen and oxygen atoms in total. The largest absolute Gasteiger partial charge is 0.389 e. The van der Waals surface area contributed by atoms with E-state index in [2.05, 4.69) is 5.32 Å². The van der Waals surface area contributed by atoms with Crippen molar-refractivity contribution < 1.29 is 4.79 Å². The van der Waals surface area contributed by atoms with Gasteiger partial charge in [0.1, 0.15) is 4.99 Å². The SMILES string of the molecule is Cc1ccc(C(=O)Nc2ccc(C(N)=S)cc2)cc1C. The van der Waals surface area contributed by atoms with Gasteiger partial charge in [-0.05, 0) is 61.4 Å². The Hall–Kier alpha value is -2.20. The molecule has 0 aromatic heterocycles. The van der Waals surface area contributed by atoms with E-state index in [-0.39, 0.29) is 5.91 Å². The van der Waals surface area contributed by atoms with Crippen molar-refractivity contribution in [1.29, 1.82) is 0 Å². The molecular formula is C16H16N2OS. The Bertz CT molecular complexity index is 663. The van der Waals surface area contributed by atoms with Gasteiger partial charge in [0, 0.05) is 16.8 Å². The molecule has 0 unspecified atom stereocenters. The zero-order chi connectivity index (χ0) is 14.7. The molecule has 2 aromatic carbocycles. The van der Waals surface area contributed by atoms with E-state index in [1.165, 1.54) is 5.56 Å². The van der Waals surface area contributed by atoms with E-state index >= 15 is 0 Å². The summed E-state index contributed by atoms with van der Waals surface area (Å²) in [7, 11) is 0. The maximum absolute atomic E-state index is 12.1. The summed E-state index contributed by atoms with van der Waals surface area (Å²) < 4.78 is 0. The van der Waals surface area contributed by atoms with Gasteiger partial charge in [0.2, 0.25) is 0 Å². The number of hydrogen-bond donors (Lipinski definition) is 2. The monoisotopic (exact) mass is 284 g/mol. The predicted octanol–water partition coefficient (Wildman–Crippen LogP) is 3.19. The summed E-state index contributed by atoms with van der Waals surface area (Å²) in [6.45, 7) is 4.01. The van der Waals surface area contributed by atoms with Crippen LogP contribution < -0.4 is 11.1 Å². The third-order valence-corrected chi connectivity index (χ3v) is 3.43. The number of nitrogens with one attached hydrogen (secondary N) is 1. The van der Waals surface area contributed by atoms with Gasteiger partial charge < -0.3 is 11.1 Å². The summed E-state index contributed by atoms with van der Waals surface area (Å²) in [5, 5.41) is 2.85. The Morgan fingerprint density at radius 1 is 1.00 bits per heavy atom. The number of carbonyl (C=O) groups excluding carboxylic acids is 1. The number of hydrogen-bond acceptors (Lipinski definition) is 2. The van der Waals surface area contributed by atoms with Crippen molar-refractivity contribution in [2.45, 2.75) is 13.8 Å². The van der Waals surface area contributed by atoms with Gasteiger partial charge >= 0.3 is 0 Å². The van der Waals surface area contributed by atoms with E-state index in [0.29, 0.717) is 16.2 Å². The van der Waals surface area contributed by atoms with Crippen LogP contribution in [0.15, 0.2) is 42.5 Å². The van der Waals surface area contributed by atoms with Gasteiger partial charge in [0.15, 0.2) is 0 Å². The van der Waals surface area contributed by atoms with Gasteiger partial charge in [-0.3, -0.25) is 4.79 Å². The minimum Gasteiger partial charge on any atom is -0.389 e. The quantitative estimate of drug-likeness (QED) is 0.851. The molecule has 102 valence electrons. The van der Waals surface area contributed by atoms with Crippen LogP contribution in [-0.2, 0) is 0 Å². The van der Waals surface area contributed by atoms with E-state index < -0.39 is 0 Å². The molecule has 0 aliphatic rings. The fourth-order valence-electron chi connectivity index (χ4n) is 1.80. The summed E-state index contributed by atoms with van der Waals surface area (Å²) in [5.74, 6) is -0.129. The van der Waals surface area contributed by atoms with Crippen molar-refractivity contribution >= 4 is 28.8 Å². The number of aryl methyl sites for hydroxylation is 2. The second-order valence-electron chi connectivity index (χ2n) is 4.69. The Balaban J connectivity index is 2.14. The zero-order valence-corrected chi connectivity index (χ0v) is 12.3. The summed E-state index contributed by atoms with van der Waals surface area (Å²) >= 11 is 4.89. The second-order valence-corrected chi connectivity index (χ2v) is 5.13. The van der Waals surface area contributed by atoms with Crippen LogP contribution in [0.3, 0.4) is 0 Å². The van der Waals surface area contributed by atoms with E-state index in [4.69, 9.17) is 18.0 Å². The number of anilines is 1. The van der Waals surface area contributed by atoms with E-state index in [0.717, 1.165) is 11.1 Å². The minimum atomic E-state index is -0.129. The fraction of sp³-hybridized carbons (Fsp3) is 0.125. The van der Waals surface area contributed by atoms with E-state index in [9.17, 15) is 4.79 Å². The Kier molecular flexibility index (Phi) is 4.15. The standard InChI is InChI=1S/C16H16N2OS/c1-10-3-4-13(9-11(10)2)16(19)18-14-7-5-12(6-8-14)15(17)20/h3-9H,1-2H3,(H2,17,20)(H,18,19). The number of benzene rings is 2. The molecule has 0 fully saturated rings. The molecule has 0 atom stereocenters. The van der Waals surface area contributed by atoms with Crippen LogP contribution in [0.4, 0.5) is 5.69 Å². The van der Waals surface area contributed by atoms with E-state index in [1.54, 1.807) is 24.3 Å². The van der Waals surface area contributed by atoms with Crippen LogP contribution in [0.5, 0.6) is 0 Å².